The second kappa shape index (κ2) is 12.6. The second-order valence-corrected chi connectivity index (χ2v) is 10.6. The van der Waals surface area contributed by atoms with Gasteiger partial charge in [-0.2, -0.15) is 10.5 Å². The molecule has 1 aliphatic rings. The Morgan fingerprint density at radius 3 is 2.74 bits per heavy atom. The van der Waals surface area contributed by atoms with Crippen molar-refractivity contribution in [1.82, 2.24) is 0 Å². The third-order valence-electron chi connectivity index (χ3n) is 6.02. The minimum Gasteiger partial charge on any atom is -0.490 e. The minimum absolute atomic E-state index is 0.0346. The van der Waals surface area contributed by atoms with E-state index in [0.29, 0.717) is 44.3 Å². The average Bonchev–Trinajstić information content (AvgIpc) is 3.28. The molecular weight excluding hydrogens is 584 g/mol. The number of hydrogen-bond donors (Lipinski definition) is 1. The molecule has 11 heteroatoms. The van der Waals surface area contributed by atoms with Crippen LogP contribution in [0.15, 0.2) is 46.4 Å². The predicted molar refractivity (Wildman–Crippen MR) is 151 cm³/mol. The lowest BCUT2D eigenvalue weighted by Gasteiger charge is -2.15. The van der Waals surface area contributed by atoms with E-state index in [4.69, 9.17) is 9.47 Å². The van der Waals surface area contributed by atoms with E-state index in [1.165, 1.54) is 29.5 Å². The molecule has 9 nitrogen and oxygen atoms in total. The van der Waals surface area contributed by atoms with Crippen molar-refractivity contribution in [3.63, 3.8) is 0 Å². The number of aryl methyl sites for hydroxylation is 1. The summed E-state index contributed by atoms with van der Waals surface area (Å²) in [7, 11) is 0. The fraction of sp³-hybridized carbons (Fsp3) is 0.250. The number of carbonyl (C=O) groups excluding carboxylic acids is 1. The van der Waals surface area contributed by atoms with Crippen LogP contribution in [0.4, 0.5) is 10.7 Å². The molecular formula is C28H23BrN4O5S. The number of nitro benzene ring substituents is 1. The smallest absolute Gasteiger partial charge is 0.269 e. The largest absolute Gasteiger partial charge is 0.490 e. The molecule has 0 bridgehead atoms. The van der Waals surface area contributed by atoms with Crippen LogP contribution < -0.4 is 14.8 Å². The molecule has 0 atom stereocenters. The normalized spacial score (nSPS) is 12.6. The summed E-state index contributed by atoms with van der Waals surface area (Å²) in [5, 5.41) is 33.7. The van der Waals surface area contributed by atoms with Gasteiger partial charge < -0.3 is 14.8 Å². The first-order valence-electron chi connectivity index (χ1n) is 12.1. The van der Waals surface area contributed by atoms with E-state index >= 15 is 0 Å². The molecule has 0 radical (unpaired) electrons. The summed E-state index contributed by atoms with van der Waals surface area (Å²) in [6.45, 7) is 2.20. The van der Waals surface area contributed by atoms with E-state index in [0.717, 1.165) is 36.1 Å². The van der Waals surface area contributed by atoms with Gasteiger partial charge in [-0.1, -0.05) is 12.1 Å². The maximum atomic E-state index is 13.0. The molecule has 1 aromatic heterocycles. The van der Waals surface area contributed by atoms with Gasteiger partial charge in [0.15, 0.2) is 11.5 Å². The SMILES string of the molecule is CCOc1cc(/C=C(\C#N)C(=O)Nc2sc3c(c2C#N)CCCC3)cc(Br)c1OCc1cccc([N+](=O)[O-])c1. The Morgan fingerprint density at radius 1 is 1.23 bits per heavy atom. The Balaban J connectivity index is 1.57. The van der Waals surface area contributed by atoms with E-state index < -0.39 is 10.8 Å². The topological polar surface area (TPSA) is 138 Å². The number of nitrogens with zero attached hydrogens (tertiary/aromatic N) is 3. The highest BCUT2D eigenvalue weighted by Gasteiger charge is 2.23. The Morgan fingerprint density at radius 2 is 2.03 bits per heavy atom. The predicted octanol–water partition coefficient (Wildman–Crippen LogP) is 6.69. The third kappa shape index (κ3) is 6.45. The lowest BCUT2D eigenvalue weighted by atomic mass is 9.96. The molecule has 0 unspecified atom stereocenters. The number of anilines is 1. The van der Waals surface area contributed by atoms with Crippen molar-refractivity contribution in [1.29, 1.82) is 10.5 Å². The standard InChI is InChI=1S/C28H23BrN4O5S/c1-2-37-24-13-18(12-23(29)26(24)38-16-17-6-5-7-20(11-17)33(35)36)10-19(14-30)27(34)32-28-22(15-31)21-8-3-4-9-25(21)39-28/h5-7,10-13H,2-4,8-9,16H2,1H3,(H,32,34)/b19-10+. The average molecular weight is 607 g/mol. The number of nitrogens with one attached hydrogen (secondary N) is 1. The van der Waals surface area contributed by atoms with Crippen LogP contribution in [0.1, 0.15) is 46.9 Å². The molecule has 0 fully saturated rings. The number of carbonyl (C=O) groups is 1. The first-order chi connectivity index (χ1) is 18.8. The molecule has 1 heterocycles. The number of thiophene rings is 1. The molecule has 4 rings (SSSR count). The van der Waals surface area contributed by atoms with Gasteiger partial charge in [0, 0.05) is 17.0 Å². The van der Waals surface area contributed by atoms with Crippen LogP contribution in [-0.2, 0) is 24.2 Å². The van der Waals surface area contributed by atoms with Crippen LogP contribution in [-0.4, -0.2) is 17.4 Å². The summed E-state index contributed by atoms with van der Waals surface area (Å²) in [6, 6.07) is 13.6. The fourth-order valence-corrected chi connectivity index (χ4v) is 6.06. The number of rotatable bonds is 9. The lowest BCUT2D eigenvalue weighted by molar-refractivity contribution is -0.384. The summed E-state index contributed by atoms with van der Waals surface area (Å²) < 4.78 is 12.2. The Hall–Kier alpha value is -4.19. The lowest BCUT2D eigenvalue weighted by Crippen LogP contribution is -2.13. The zero-order chi connectivity index (χ0) is 27.9. The van der Waals surface area contributed by atoms with E-state index in [1.54, 1.807) is 24.3 Å². The second-order valence-electron chi connectivity index (χ2n) is 8.63. The van der Waals surface area contributed by atoms with Crippen LogP contribution in [0.25, 0.3) is 6.08 Å². The minimum atomic E-state index is -0.604. The number of nitriles is 2. The molecule has 0 aliphatic heterocycles. The van der Waals surface area contributed by atoms with Crippen molar-refractivity contribution in [2.75, 3.05) is 11.9 Å². The maximum absolute atomic E-state index is 13.0. The summed E-state index contributed by atoms with van der Waals surface area (Å²) in [4.78, 5) is 24.7. The van der Waals surface area contributed by atoms with Gasteiger partial charge >= 0.3 is 0 Å². The van der Waals surface area contributed by atoms with Crippen LogP contribution in [0.5, 0.6) is 11.5 Å². The van der Waals surface area contributed by atoms with Gasteiger partial charge in [-0.15, -0.1) is 11.3 Å². The molecule has 0 spiro atoms. The van der Waals surface area contributed by atoms with Gasteiger partial charge in [-0.3, -0.25) is 14.9 Å². The van der Waals surface area contributed by atoms with E-state index in [1.807, 2.05) is 13.0 Å². The number of nitro groups is 1. The zero-order valence-corrected chi connectivity index (χ0v) is 23.4. The quantitative estimate of drug-likeness (QED) is 0.124. The van der Waals surface area contributed by atoms with E-state index in [9.17, 15) is 25.4 Å². The molecule has 1 N–H and O–H groups in total. The molecule has 2 aromatic carbocycles. The highest BCUT2D eigenvalue weighted by atomic mass is 79.9. The maximum Gasteiger partial charge on any atom is 0.269 e. The van der Waals surface area contributed by atoms with Gasteiger partial charge in [0.1, 0.15) is 29.3 Å². The first-order valence-corrected chi connectivity index (χ1v) is 13.8. The van der Waals surface area contributed by atoms with Gasteiger partial charge in [0.25, 0.3) is 11.6 Å². The number of hydrogen-bond acceptors (Lipinski definition) is 8. The highest BCUT2D eigenvalue weighted by Crippen LogP contribution is 2.39. The molecule has 39 heavy (non-hydrogen) atoms. The van der Waals surface area contributed by atoms with Gasteiger partial charge in [0.2, 0.25) is 0 Å². The summed E-state index contributed by atoms with van der Waals surface area (Å²) in [6.07, 6.45) is 5.20. The van der Waals surface area contributed by atoms with Crippen molar-refractivity contribution in [2.45, 2.75) is 39.2 Å². The van der Waals surface area contributed by atoms with E-state index in [2.05, 4.69) is 27.3 Å². The van der Waals surface area contributed by atoms with Gasteiger partial charge in [-0.05, 0) is 83.4 Å². The molecule has 1 amide bonds. The van der Waals surface area contributed by atoms with Gasteiger partial charge in [0.05, 0.1) is 21.6 Å². The third-order valence-corrected chi connectivity index (χ3v) is 7.82. The summed E-state index contributed by atoms with van der Waals surface area (Å²) in [5.41, 5.74) is 2.44. The number of halogens is 1. The van der Waals surface area contributed by atoms with Gasteiger partial charge in [-0.25, -0.2) is 0 Å². The highest BCUT2D eigenvalue weighted by molar-refractivity contribution is 9.10. The Kier molecular flexibility index (Phi) is 8.97. The van der Waals surface area contributed by atoms with Crippen LogP contribution in [0, 0.1) is 32.8 Å². The van der Waals surface area contributed by atoms with E-state index in [-0.39, 0.29) is 17.9 Å². The van der Waals surface area contributed by atoms with Crippen molar-refractivity contribution in [3.05, 3.63) is 83.7 Å². The molecule has 198 valence electrons. The molecule has 3 aromatic rings. The Labute approximate surface area is 237 Å². The van der Waals surface area contributed by atoms with Crippen molar-refractivity contribution < 1.29 is 19.2 Å². The van der Waals surface area contributed by atoms with Crippen LogP contribution in [0.2, 0.25) is 0 Å². The number of non-ortho nitro benzene ring substituents is 1. The number of amides is 1. The summed E-state index contributed by atoms with van der Waals surface area (Å²) >= 11 is 4.87. The number of benzene rings is 2. The fourth-order valence-electron chi connectivity index (χ4n) is 4.25. The first kappa shape index (κ1) is 27.8. The number of ether oxygens (including phenoxy) is 2. The van der Waals surface area contributed by atoms with Crippen LogP contribution >= 0.6 is 27.3 Å². The van der Waals surface area contributed by atoms with Crippen LogP contribution in [0.3, 0.4) is 0 Å². The zero-order valence-electron chi connectivity index (χ0n) is 21.0. The molecule has 0 saturated carbocycles. The monoisotopic (exact) mass is 606 g/mol. The Bertz CT molecular complexity index is 1550. The summed E-state index contributed by atoms with van der Waals surface area (Å²) in [5.74, 6) is 0.151. The molecule has 0 saturated heterocycles. The van der Waals surface area contributed by atoms with Crippen molar-refractivity contribution in [2.24, 2.45) is 0 Å². The van der Waals surface area contributed by atoms with Crippen molar-refractivity contribution in [3.8, 4) is 23.6 Å². The molecule has 1 aliphatic carbocycles. The van der Waals surface area contributed by atoms with Crippen molar-refractivity contribution >= 4 is 49.9 Å². The number of fused-ring (bicyclic) bond motifs is 1.